The highest BCUT2D eigenvalue weighted by Gasteiger charge is 2.21. The normalized spacial score (nSPS) is 10.8. The van der Waals surface area contributed by atoms with Crippen molar-refractivity contribution >= 4 is 43.6 Å². The molecule has 2 rings (SSSR count). The number of halogens is 1. The number of methoxy groups -OCH3 is 2. The Morgan fingerprint density at radius 3 is 2.12 bits per heavy atom. The average Bonchev–Trinajstić information content (AvgIpc) is 2.60. The number of carbonyl (C=O) groups excluding carboxylic acids is 2. The second-order valence-electron chi connectivity index (χ2n) is 4.80. The fourth-order valence-electron chi connectivity index (χ4n) is 1.98. The molecule has 0 bridgehead atoms. The first-order valence-corrected chi connectivity index (χ1v) is 9.15. The van der Waals surface area contributed by atoms with E-state index in [1.165, 1.54) is 44.6 Å². The molecule has 0 aliphatic heterocycles. The minimum absolute atomic E-state index is 0.00464. The van der Waals surface area contributed by atoms with Gasteiger partial charge in [-0.1, -0.05) is 15.9 Å². The Bertz CT molecular complexity index is 909. The van der Waals surface area contributed by atoms with E-state index in [0.29, 0.717) is 0 Å². The zero-order valence-corrected chi connectivity index (χ0v) is 15.7. The highest BCUT2D eigenvalue weighted by Crippen LogP contribution is 2.24. The SMILES string of the molecule is COC(=O)c1ccc(C(=O)OC)c(NS(=O)(=O)c2ccc(Br)cc2)c1. The molecule has 2 aromatic carbocycles. The van der Waals surface area contributed by atoms with Crippen molar-refractivity contribution in [3.8, 4) is 0 Å². The van der Waals surface area contributed by atoms with E-state index in [1.54, 1.807) is 12.1 Å². The standard InChI is InChI=1S/C16H14BrNO6S/c1-23-15(19)10-3-8-13(16(20)24-2)14(9-10)18-25(21,22)12-6-4-11(17)5-7-12/h3-9,18H,1-2H3. The van der Waals surface area contributed by atoms with Crippen LogP contribution in [0.1, 0.15) is 20.7 Å². The van der Waals surface area contributed by atoms with E-state index >= 15 is 0 Å². The first-order chi connectivity index (χ1) is 11.8. The molecule has 2 aromatic rings. The van der Waals surface area contributed by atoms with Gasteiger partial charge in [-0.25, -0.2) is 18.0 Å². The van der Waals surface area contributed by atoms with E-state index in [4.69, 9.17) is 0 Å². The number of benzene rings is 2. The number of esters is 2. The van der Waals surface area contributed by atoms with Crippen LogP contribution in [0.25, 0.3) is 0 Å². The van der Waals surface area contributed by atoms with Crippen LogP contribution in [-0.2, 0) is 19.5 Å². The Labute approximate surface area is 153 Å². The maximum Gasteiger partial charge on any atom is 0.339 e. The molecule has 9 heteroatoms. The van der Waals surface area contributed by atoms with Gasteiger partial charge in [0.05, 0.1) is 35.9 Å². The maximum absolute atomic E-state index is 12.5. The summed E-state index contributed by atoms with van der Waals surface area (Å²) in [5, 5.41) is 0. The lowest BCUT2D eigenvalue weighted by molar-refractivity contribution is 0.0587. The van der Waals surface area contributed by atoms with Gasteiger partial charge in [-0.05, 0) is 42.5 Å². The fourth-order valence-corrected chi connectivity index (χ4v) is 3.31. The van der Waals surface area contributed by atoms with Crippen molar-refractivity contribution in [3.05, 3.63) is 58.1 Å². The molecule has 0 radical (unpaired) electrons. The number of sulfonamides is 1. The summed E-state index contributed by atoms with van der Waals surface area (Å²) in [4.78, 5) is 23.5. The summed E-state index contributed by atoms with van der Waals surface area (Å²) in [7, 11) is -1.61. The smallest absolute Gasteiger partial charge is 0.339 e. The average molecular weight is 428 g/mol. The third-order valence-corrected chi connectivity index (χ3v) is 5.12. The van der Waals surface area contributed by atoms with Gasteiger partial charge in [0.15, 0.2) is 0 Å². The number of anilines is 1. The van der Waals surface area contributed by atoms with E-state index in [-0.39, 0.29) is 21.7 Å². The Morgan fingerprint density at radius 2 is 1.56 bits per heavy atom. The fraction of sp³-hybridized carbons (Fsp3) is 0.125. The molecule has 0 spiro atoms. The summed E-state index contributed by atoms with van der Waals surface area (Å²) in [5.41, 5.74) is -0.0304. The second kappa shape index (κ2) is 7.66. The van der Waals surface area contributed by atoms with Crippen molar-refractivity contribution in [1.29, 1.82) is 0 Å². The summed E-state index contributed by atoms with van der Waals surface area (Å²) < 4.78 is 37.3. The highest BCUT2D eigenvalue weighted by atomic mass is 79.9. The van der Waals surface area contributed by atoms with Crippen LogP contribution in [0.3, 0.4) is 0 Å². The molecule has 0 fully saturated rings. The number of ether oxygens (including phenoxy) is 2. The van der Waals surface area contributed by atoms with Crippen molar-refractivity contribution in [1.82, 2.24) is 0 Å². The molecule has 0 amide bonds. The Balaban J connectivity index is 2.49. The van der Waals surface area contributed by atoms with E-state index in [2.05, 4.69) is 30.1 Å². The van der Waals surface area contributed by atoms with Gasteiger partial charge in [0.2, 0.25) is 0 Å². The molecule has 0 saturated carbocycles. The number of carbonyl (C=O) groups is 2. The lowest BCUT2D eigenvalue weighted by Crippen LogP contribution is -2.17. The molecule has 0 aliphatic rings. The molecular formula is C16H14BrNO6S. The van der Waals surface area contributed by atoms with E-state index in [1.807, 2.05) is 0 Å². The van der Waals surface area contributed by atoms with Crippen molar-refractivity contribution in [2.24, 2.45) is 0 Å². The molecular weight excluding hydrogens is 414 g/mol. The zero-order valence-electron chi connectivity index (χ0n) is 13.3. The molecule has 0 saturated heterocycles. The van der Waals surface area contributed by atoms with Crippen LogP contribution in [0.4, 0.5) is 5.69 Å². The van der Waals surface area contributed by atoms with Gasteiger partial charge >= 0.3 is 11.9 Å². The zero-order chi connectivity index (χ0) is 18.6. The molecule has 7 nitrogen and oxygen atoms in total. The molecule has 0 heterocycles. The monoisotopic (exact) mass is 427 g/mol. The topological polar surface area (TPSA) is 98.8 Å². The highest BCUT2D eigenvalue weighted by molar-refractivity contribution is 9.10. The lowest BCUT2D eigenvalue weighted by Gasteiger charge is -2.13. The Morgan fingerprint density at radius 1 is 0.960 bits per heavy atom. The molecule has 132 valence electrons. The first kappa shape index (κ1) is 18.9. The summed E-state index contributed by atoms with van der Waals surface area (Å²) in [6.45, 7) is 0. The minimum Gasteiger partial charge on any atom is -0.465 e. The van der Waals surface area contributed by atoms with Crippen molar-refractivity contribution in [2.45, 2.75) is 4.90 Å². The Hall–Kier alpha value is -2.39. The minimum atomic E-state index is -3.97. The first-order valence-electron chi connectivity index (χ1n) is 6.87. The van der Waals surface area contributed by atoms with Gasteiger partial charge in [0, 0.05) is 4.47 Å². The summed E-state index contributed by atoms with van der Waals surface area (Å²) >= 11 is 3.22. The Kier molecular flexibility index (Phi) is 5.81. The number of hydrogen-bond acceptors (Lipinski definition) is 6. The third kappa shape index (κ3) is 4.37. The van der Waals surface area contributed by atoms with Gasteiger partial charge in [-0.15, -0.1) is 0 Å². The molecule has 0 atom stereocenters. The number of hydrogen-bond donors (Lipinski definition) is 1. The van der Waals surface area contributed by atoms with Crippen LogP contribution in [-0.4, -0.2) is 34.6 Å². The summed E-state index contributed by atoms with van der Waals surface area (Å²) in [5.74, 6) is -1.41. The quantitative estimate of drug-likeness (QED) is 0.736. The summed E-state index contributed by atoms with van der Waals surface area (Å²) in [6.07, 6.45) is 0. The van der Waals surface area contributed by atoms with Crippen LogP contribution in [0.15, 0.2) is 51.8 Å². The predicted molar refractivity (Wildman–Crippen MR) is 94.1 cm³/mol. The lowest BCUT2D eigenvalue weighted by atomic mass is 10.1. The van der Waals surface area contributed by atoms with Crippen molar-refractivity contribution < 1.29 is 27.5 Å². The third-order valence-electron chi connectivity index (χ3n) is 3.21. The predicted octanol–water partition coefficient (Wildman–Crippen LogP) is 2.82. The largest absolute Gasteiger partial charge is 0.465 e. The van der Waals surface area contributed by atoms with Crippen LogP contribution in [0.2, 0.25) is 0 Å². The van der Waals surface area contributed by atoms with Crippen LogP contribution >= 0.6 is 15.9 Å². The molecule has 0 unspecified atom stereocenters. The van der Waals surface area contributed by atoms with Crippen molar-refractivity contribution in [2.75, 3.05) is 18.9 Å². The number of nitrogens with one attached hydrogen (secondary N) is 1. The second-order valence-corrected chi connectivity index (χ2v) is 7.40. The van der Waals surface area contributed by atoms with Gasteiger partial charge in [-0.2, -0.15) is 0 Å². The molecule has 0 aromatic heterocycles. The van der Waals surface area contributed by atoms with Crippen LogP contribution in [0.5, 0.6) is 0 Å². The van der Waals surface area contributed by atoms with Gasteiger partial charge in [-0.3, -0.25) is 4.72 Å². The van der Waals surface area contributed by atoms with E-state index in [9.17, 15) is 18.0 Å². The van der Waals surface area contributed by atoms with Gasteiger partial charge in [0.1, 0.15) is 0 Å². The maximum atomic E-state index is 12.5. The molecule has 1 N–H and O–H groups in total. The molecule has 25 heavy (non-hydrogen) atoms. The molecule has 0 aliphatic carbocycles. The van der Waals surface area contributed by atoms with Crippen LogP contribution in [0, 0.1) is 0 Å². The van der Waals surface area contributed by atoms with E-state index < -0.39 is 22.0 Å². The summed E-state index contributed by atoms with van der Waals surface area (Å²) in [6, 6.07) is 9.78. The number of rotatable bonds is 5. The van der Waals surface area contributed by atoms with Crippen LogP contribution < -0.4 is 4.72 Å². The van der Waals surface area contributed by atoms with E-state index in [0.717, 1.165) is 4.47 Å². The van der Waals surface area contributed by atoms with Crippen molar-refractivity contribution in [3.63, 3.8) is 0 Å². The van der Waals surface area contributed by atoms with Gasteiger partial charge in [0.25, 0.3) is 10.0 Å². The van der Waals surface area contributed by atoms with Gasteiger partial charge < -0.3 is 9.47 Å².